The molecule has 0 bridgehead atoms. The Bertz CT molecular complexity index is 872. The van der Waals surface area contributed by atoms with Gasteiger partial charge in [-0.25, -0.2) is 0 Å². The minimum absolute atomic E-state index is 0.224. The van der Waals surface area contributed by atoms with E-state index in [-0.39, 0.29) is 11.0 Å². The molecule has 0 aliphatic carbocycles. The first-order valence-electron chi connectivity index (χ1n) is 7.96. The Morgan fingerprint density at radius 3 is 2.04 bits per heavy atom. The van der Waals surface area contributed by atoms with Gasteiger partial charge in [-0.05, 0) is 54.5 Å². The maximum atomic E-state index is 12.2. The summed E-state index contributed by atoms with van der Waals surface area (Å²) in [5.41, 5.74) is 4.80. The van der Waals surface area contributed by atoms with Crippen LogP contribution in [-0.4, -0.2) is 11.0 Å². The highest BCUT2D eigenvalue weighted by atomic mass is 32.1. The normalized spacial score (nSPS) is 10.1. The van der Waals surface area contributed by atoms with Gasteiger partial charge < -0.3 is 5.32 Å². The molecule has 3 rings (SSSR count). The van der Waals surface area contributed by atoms with E-state index in [4.69, 9.17) is 12.2 Å². The number of nitrogens with one attached hydrogen (secondary N) is 2. The molecule has 0 aliphatic heterocycles. The predicted molar refractivity (Wildman–Crippen MR) is 107 cm³/mol. The van der Waals surface area contributed by atoms with Crippen molar-refractivity contribution in [3.05, 3.63) is 90.0 Å². The summed E-state index contributed by atoms with van der Waals surface area (Å²) in [6.07, 6.45) is 0. The number of rotatable bonds is 3. The van der Waals surface area contributed by atoms with Crippen LogP contribution >= 0.6 is 12.2 Å². The van der Waals surface area contributed by atoms with E-state index in [1.165, 1.54) is 0 Å². The maximum absolute atomic E-state index is 12.2. The van der Waals surface area contributed by atoms with Gasteiger partial charge in [-0.2, -0.15) is 0 Å². The van der Waals surface area contributed by atoms with Crippen LogP contribution in [0.25, 0.3) is 11.1 Å². The lowest BCUT2D eigenvalue weighted by molar-refractivity contribution is 0.0977. The summed E-state index contributed by atoms with van der Waals surface area (Å²) in [7, 11) is 0. The Morgan fingerprint density at radius 2 is 1.40 bits per heavy atom. The van der Waals surface area contributed by atoms with Gasteiger partial charge in [0.25, 0.3) is 5.91 Å². The highest BCUT2D eigenvalue weighted by Gasteiger charge is 2.07. The summed E-state index contributed by atoms with van der Waals surface area (Å²) < 4.78 is 0. The van der Waals surface area contributed by atoms with E-state index in [0.29, 0.717) is 5.56 Å². The monoisotopic (exact) mass is 346 g/mol. The van der Waals surface area contributed by atoms with Gasteiger partial charge in [0.15, 0.2) is 5.11 Å². The first-order valence-corrected chi connectivity index (χ1v) is 8.37. The van der Waals surface area contributed by atoms with Crippen molar-refractivity contribution in [3.8, 4) is 11.1 Å². The van der Waals surface area contributed by atoms with Crippen molar-refractivity contribution >= 4 is 28.9 Å². The number of thiocarbonyl (C=S) groups is 1. The van der Waals surface area contributed by atoms with Gasteiger partial charge in [-0.15, -0.1) is 0 Å². The van der Waals surface area contributed by atoms with Gasteiger partial charge in [0.1, 0.15) is 0 Å². The number of benzene rings is 3. The third kappa shape index (κ3) is 4.52. The molecule has 0 saturated carbocycles. The van der Waals surface area contributed by atoms with Gasteiger partial charge in [0, 0.05) is 11.3 Å². The Hall–Kier alpha value is -2.98. The first kappa shape index (κ1) is 16.9. The lowest BCUT2D eigenvalue weighted by Gasteiger charge is -2.10. The Morgan fingerprint density at radius 1 is 0.800 bits per heavy atom. The van der Waals surface area contributed by atoms with Gasteiger partial charge >= 0.3 is 0 Å². The van der Waals surface area contributed by atoms with Crippen LogP contribution < -0.4 is 10.6 Å². The molecule has 25 heavy (non-hydrogen) atoms. The van der Waals surface area contributed by atoms with E-state index >= 15 is 0 Å². The zero-order valence-corrected chi connectivity index (χ0v) is 14.6. The molecule has 3 aromatic rings. The Balaban J connectivity index is 1.61. The first-order chi connectivity index (χ1) is 12.1. The second kappa shape index (κ2) is 7.73. The molecule has 0 fully saturated rings. The fourth-order valence-electron chi connectivity index (χ4n) is 2.42. The minimum atomic E-state index is -0.224. The van der Waals surface area contributed by atoms with Crippen LogP contribution in [0.4, 0.5) is 5.69 Å². The van der Waals surface area contributed by atoms with Gasteiger partial charge in [-0.3, -0.25) is 10.1 Å². The molecule has 3 aromatic carbocycles. The third-order valence-electron chi connectivity index (χ3n) is 3.79. The molecule has 124 valence electrons. The number of carbonyl (C=O) groups excluding carboxylic acids is 1. The molecule has 0 spiro atoms. The smallest absolute Gasteiger partial charge is 0.257 e. The summed E-state index contributed by atoms with van der Waals surface area (Å²) in [4.78, 5) is 12.2. The van der Waals surface area contributed by atoms with Crippen molar-refractivity contribution in [1.82, 2.24) is 5.32 Å². The van der Waals surface area contributed by atoms with E-state index in [9.17, 15) is 4.79 Å². The SMILES string of the molecule is Cc1ccc(C(=O)NC(=S)Nc2ccc(-c3ccccc3)cc2)cc1. The molecular weight excluding hydrogens is 328 g/mol. The Labute approximate surface area is 152 Å². The predicted octanol–water partition coefficient (Wildman–Crippen LogP) is 4.79. The van der Waals surface area contributed by atoms with E-state index in [1.54, 1.807) is 12.1 Å². The molecule has 0 radical (unpaired) electrons. The fraction of sp³-hybridized carbons (Fsp3) is 0.0476. The van der Waals surface area contributed by atoms with Crippen molar-refractivity contribution in [3.63, 3.8) is 0 Å². The number of amides is 1. The van der Waals surface area contributed by atoms with Crippen LogP contribution in [0.1, 0.15) is 15.9 Å². The average Bonchev–Trinajstić information content (AvgIpc) is 2.63. The van der Waals surface area contributed by atoms with Crippen LogP contribution in [0.5, 0.6) is 0 Å². The number of hydrogen-bond acceptors (Lipinski definition) is 2. The summed E-state index contributed by atoms with van der Waals surface area (Å²) in [5.74, 6) is -0.224. The molecular formula is C21H18N2OS. The molecule has 0 aromatic heterocycles. The topological polar surface area (TPSA) is 41.1 Å². The molecule has 2 N–H and O–H groups in total. The summed E-state index contributed by atoms with van der Waals surface area (Å²) in [5, 5.41) is 6.00. The quantitative estimate of drug-likeness (QED) is 0.670. The largest absolute Gasteiger partial charge is 0.332 e. The molecule has 1 amide bonds. The number of carbonyl (C=O) groups is 1. The lowest BCUT2D eigenvalue weighted by atomic mass is 10.1. The van der Waals surface area contributed by atoms with Crippen LogP contribution in [0.2, 0.25) is 0 Å². The van der Waals surface area contributed by atoms with Crippen LogP contribution in [0, 0.1) is 6.92 Å². The van der Waals surface area contributed by atoms with Crippen molar-refractivity contribution in [1.29, 1.82) is 0 Å². The van der Waals surface area contributed by atoms with Crippen LogP contribution in [0.15, 0.2) is 78.9 Å². The Kier molecular flexibility index (Phi) is 5.21. The molecule has 0 saturated heterocycles. The van der Waals surface area contributed by atoms with E-state index < -0.39 is 0 Å². The molecule has 4 heteroatoms. The molecule has 3 nitrogen and oxygen atoms in total. The second-order valence-electron chi connectivity index (χ2n) is 5.72. The summed E-state index contributed by atoms with van der Waals surface area (Å²) in [6, 6.07) is 25.4. The zero-order valence-electron chi connectivity index (χ0n) is 13.8. The number of anilines is 1. The lowest BCUT2D eigenvalue weighted by Crippen LogP contribution is -2.34. The minimum Gasteiger partial charge on any atom is -0.332 e. The van der Waals surface area contributed by atoms with Crippen molar-refractivity contribution in [2.24, 2.45) is 0 Å². The van der Waals surface area contributed by atoms with Crippen LogP contribution in [0.3, 0.4) is 0 Å². The van der Waals surface area contributed by atoms with E-state index in [0.717, 1.165) is 22.4 Å². The van der Waals surface area contributed by atoms with Crippen LogP contribution in [-0.2, 0) is 0 Å². The summed E-state index contributed by atoms with van der Waals surface area (Å²) >= 11 is 5.22. The number of hydrogen-bond donors (Lipinski definition) is 2. The summed E-state index contributed by atoms with van der Waals surface area (Å²) in [6.45, 7) is 1.98. The second-order valence-corrected chi connectivity index (χ2v) is 6.13. The third-order valence-corrected chi connectivity index (χ3v) is 3.99. The van der Waals surface area contributed by atoms with Crippen molar-refractivity contribution < 1.29 is 4.79 Å². The van der Waals surface area contributed by atoms with Gasteiger partial charge in [-0.1, -0.05) is 60.2 Å². The zero-order chi connectivity index (χ0) is 17.6. The van der Waals surface area contributed by atoms with E-state index in [1.807, 2.05) is 61.5 Å². The van der Waals surface area contributed by atoms with Crippen molar-refractivity contribution in [2.75, 3.05) is 5.32 Å². The standard InChI is InChI=1S/C21H18N2OS/c1-15-7-9-18(10-8-15)20(24)23-21(25)22-19-13-11-17(12-14-19)16-5-3-2-4-6-16/h2-14H,1H3,(H2,22,23,24,25). The maximum Gasteiger partial charge on any atom is 0.257 e. The fourth-order valence-corrected chi connectivity index (χ4v) is 2.63. The highest BCUT2D eigenvalue weighted by Crippen LogP contribution is 2.20. The van der Waals surface area contributed by atoms with Crippen molar-refractivity contribution in [2.45, 2.75) is 6.92 Å². The molecule has 0 atom stereocenters. The number of aryl methyl sites for hydroxylation is 1. The highest BCUT2D eigenvalue weighted by molar-refractivity contribution is 7.80. The molecule has 0 heterocycles. The average molecular weight is 346 g/mol. The van der Waals surface area contributed by atoms with E-state index in [2.05, 4.69) is 22.8 Å². The molecule has 0 aliphatic rings. The van der Waals surface area contributed by atoms with Gasteiger partial charge in [0.05, 0.1) is 0 Å². The van der Waals surface area contributed by atoms with Gasteiger partial charge in [0.2, 0.25) is 0 Å². The molecule has 0 unspecified atom stereocenters.